The molecule has 14 heavy (non-hydrogen) atoms. The first-order chi connectivity index (χ1) is 6.43. The zero-order valence-electron chi connectivity index (χ0n) is 8.40. The molecule has 0 saturated carbocycles. The first-order valence-corrected chi connectivity index (χ1v) is 4.07. The van der Waals surface area contributed by atoms with Gasteiger partial charge in [-0.1, -0.05) is 0 Å². The maximum absolute atomic E-state index is 11.4. The van der Waals surface area contributed by atoms with Crippen molar-refractivity contribution in [2.75, 3.05) is 0 Å². The number of aliphatic imine (C=N–C) groups is 1. The van der Waals surface area contributed by atoms with Gasteiger partial charge in [-0.25, -0.2) is 0 Å². The van der Waals surface area contributed by atoms with Gasteiger partial charge in [0, 0.05) is 18.3 Å². The number of aryl methyl sites for hydroxylation is 1. The predicted molar refractivity (Wildman–Crippen MR) is 52.8 cm³/mol. The number of hydrogen-bond donors (Lipinski definition) is 2. The Morgan fingerprint density at radius 2 is 2.00 bits per heavy atom. The largest absolute Gasteiger partial charge is 0.370 e. The molecule has 0 atom stereocenters. The van der Waals surface area contributed by atoms with Gasteiger partial charge in [-0.05, 0) is 13.8 Å². The molecule has 4 N–H and O–H groups in total. The molecule has 0 aliphatic heterocycles. The average Bonchev–Trinajstić information content (AvgIpc) is 2.32. The molecule has 0 fully saturated rings. The molecule has 1 aromatic rings. The minimum atomic E-state index is -0.508. The van der Waals surface area contributed by atoms with E-state index in [-0.39, 0.29) is 5.96 Å². The summed E-state index contributed by atoms with van der Waals surface area (Å²) < 4.78 is 1.62. The van der Waals surface area contributed by atoms with Gasteiger partial charge in [0.2, 0.25) is 0 Å². The highest BCUT2D eigenvalue weighted by atomic mass is 16.1. The Hall–Kier alpha value is -1.85. The Labute approximate surface area is 81.6 Å². The van der Waals surface area contributed by atoms with E-state index in [1.807, 2.05) is 6.92 Å². The van der Waals surface area contributed by atoms with Crippen LogP contribution in [-0.2, 0) is 7.05 Å². The third-order valence-corrected chi connectivity index (χ3v) is 2.07. The zero-order valence-corrected chi connectivity index (χ0v) is 8.40. The number of nitrogens with zero attached hydrogens (tertiary/aromatic N) is 3. The lowest BCUT2D eigenvalue weighted by atomic mass is 10.2. The van der Waals surface area contributed by atoms with Crippen molar-refractivity contribution in [1.82, 2.24) is 9.78 Å². The summed E-state index contributed by atoms with van der Waals surface area (Å²) in [6, 6.07) is 0. The molecule has 0 saturated heterocycles. The molecule has 0 spiro atoms. The molecular formula is C8H13N5O. The Morgan fingerprint density at radius 1 is 1.43 bits per heavy atom. The van der Waals surface area contributed by atoms with Crippen LogP contribution in [0.1, 0.15) is 21.7 Å². The minimum absolute atomic E-state index is 0.252. The first kappa shape index (κ1) is 10.2. The van der Waals surface area contributed by atoms with Crippen LogP contribution in [0, 0.1) is 13.8 Å². The molecule has 0 aromatic carbocycles. The third-order valence-electron chi connectivity index (χ3n) is 2.07. The highest BCUT2D eigenvalue weighted by Crippen LogP contribution is 2.11. The van der Waals surface area contributed by atoms with Crippen LogP contribution in [-0.4, -0.2) is 21.6 Å². The van der Waals surface area contributed by atoms with Crippen LogP contribution < -0.4 is 11.5 Å². The van der Waals surface area contributed by atoms with E-state index in [2.05, 4.69) is 10.1 Å². The van der Waals surface area contributed by atoms with Gasteiger partial charge in [0.1, 0.15) is 0 Å². The number of aromatic nitrogens is 2. The number of carbonyl (C=O) groups is 1. The van der Waals surface area contributed by atoms with Gasteiger partial charge in [0.25, 0.3) is 0 Å². The van der Waals surface area contributed by atoms with E-state index in [9.17, 15) is 4.79 Å². The molecule has 0 unspecified atom stereocenters. The van der Waals surface area contributed by atoms with Crippen LogP contribution in [0.3, 0.4) is 0 Å². The van der Waals surface area contributed by atoms with Crippen LogP contribution in [0.15, 0.2) is 4.99 Å². The summed E-state index contributed by atoms with van der Waals surface area (Å²) in [6.07, 6.45) is 0. The van der Waals surface area contributed by atoms with Gasteiger partial charge >= 0.3 is 5.91 Å². The van der Waals surface area contributed by atoms with Crippen LogP contribution in [0.5, 0.6) is 0 Å². The van der Waals surface area contributed by atoms with E-state index in [0.717, 1.165) is 11.3 Å². The van der Waals surface area contributed by atoms with E-state index in [4.69, 9.17) is 11.5 Å². The molecule has 0 radical (unpaired) electrons. The highest BCUT2D eigenvalue weighted by molar-refractivity contribution is 6.01. The molecule has 0 bridgehead atoms. The summed E-state index contributed by atoms with van der Waals surface area (Å²) in [5.74, 6) is -0.760. The van der Waals surface area contributed by atoms with E-state index in [1.165, 1.54) is 0 Å². The maximum Gasteiger partial charge on any atom is 0.300 e. The summed E-state index contributed by atoms with van der Waals surface area (Å²) >= 11 is 0. The van der Waals surface area contributed by atoms with Crippen molar-refractivity contribution in [3.05, 3.63) is 17.0 Å². The van der Waals surface area contributed by atoms with Crippen LogP contribution in [0.2, 0.25) is 0 Å². The number of rotatable bonds is 1. The lowest BCUT2D eigenvalue weighted by Crippen LogP contribution is -2.24. The van der Waals surface area contributed by atoms with E-state index in [0.29, 0.717) is 5.69 Å². The number of amides is 1. The second-order valence-electron chi connectivity index (χ2n) is 3.02. The molecule has 6 nitrogen and oxygen atoms in total. The Kier molecular flexibility index (Phi) is 2.55. The van der Waals surface area contributed by atoms with Crippen molar-refractivity contribution in [2.24, 2.45) is 23.5 Å². The van der Waals surface area contributed by atoms with E-state index < -0.39 is 5.91 Å². The van der Waals surface area contributed by atoms with Crippen molar-refractivity contribution in [3.8, 4) is 0 Å². The van der Waals surface area contributed by atoms with Gasteiger partial charge in [-0.15, -0.1) is 0 Å². The molecule has 0 aliphatic rings. The molecule has 1 rings (SSSR count). The summed E-state index contributed by atoms with van der Waals surface area (Å²) in [5, 5.41) is 4.01. The van der Waals surface area contributed by atoms with Crippen LogP contribution >= 0.6 is 0 Å². The fourth-order valence-electron chi connectivity index (χ4n) is 1.09. The van der Waals surface area contributed by atoms with Gasteiger partial charge in [-0.3, -0.25) is 9.48 Å². The standard InChI is InChI=1S/C8H13N5O/c1-4-5(2)13(3)12-6(4)7(14)11-8(9)10/h1-3H3,(H4,9,10,11,14). The minimum Gasteiger partial charge on any atom is -0.370 e. The topological polar surface area (TPSA) is 99.3 Å². The Balaban J connectivity index is 3.15. The predicted octanol–water partition coefficient (Wildman–Crippen LogP) is -0.549. The van der Waals surface area contributed by atoms with Crippen LogP contribution in [0.4, 0.5) is 0 Å². The summed E-state index contributed by atoms with van der Waals surface area (Å²) in [4.78, 5) is 14.8. The highest BCUT2D eigenvalue weighted by Gasteiger charge is 2.15. The lowest BCUT2D eigenvalue weighted by molar-refractivity contribution is 0.0996. The number of carbonyl (C=O) groups excluding carboxylic acids is 1. The molecule has 1 amide bonds. The van der Waals surface area contributed by atoms with Crippen molar-refractivity contribution in [1.29, 1.82) is 0 Å². The quantitative estimate of drug-likeness (QED) is 0.464. The Bertz CT molecular complexity index is 400. The second-order valence-corrected chi connectivity index (χ2v) is 3.02. The number of nitrogens with two attached hydrogens (primary N) is 2. The molecule has 1 heterocycles. The number of guanidine groups is 1. The molecule has 0 aliphatic carbocycles. The SMILES string of the molecule is Cc1c(C(=O)N=C(N)N)nn(C)c1C. The van der Waals surface area contributed by atoms with Crippen molar-refractivity contribution in [3.63, 3.8) is 0 Å². The van der Waals surface area contributed by atoms with Crippen LogP contribution in [0.25, 0.3) is 0 Å². The first-order valence-electron chi connectivity index (χ1n) is 4.07. The molecule has 76 valence electrons. The summed E-state index contributed by atoms with van der Waals surface area (Å²) in [7, 11) is 1.76. The lowest BCUT2D eigenvalue weighted by Gasteiger charge is -1.92. The second kappa shape index (κ2) is 3.49. The maximum atomic E-state index is 11.4. The molecule has 1 aromatic heterocycles. The zero-order chi connectivity index (χ0) is 10.9. The fourth-order valence-corrected chi connectivity index (χ4v) is 1.09. The monoisotopic (exact) mass is 195 g/mol. The average molecular weight is 195 g/mol. The molecule has 6 heteroatoms. The van der Waals surface area contributed by atoms with Crippen molar-refractivity contribution in [2.45, 2.75) is 13.8 Å². The van der Waals surface area contributed by atoms with Gasteiger partial charge in [0.05, 0.1) is 0 Å². The summed E-state index contributed by atoms with van der Waals surface area (Å²) in [6.45, 7) is 3.67. The van der Waals surface area contributed by atoms with Crippen molar-refractivity contribution >= 4 is 11.9 Å². The van der Waals surface area contributed by atoms with Gasteiger partial charge < -0.3 is 11.5 Å². The van der Waals surface area contributed by atoms with Crippen molar-refractivity contribution < 1.29 is 4.79 Å². The summed E-state index contributed by atoms with van der Waals surface area (Å²) in [5.41, 5.74) is 12.2. The smallest absolute Gasteiger partial charge is 0.300 e. The molecular weight excluding hydrogens is 182 g/mol. The van der Waals surface area contributed by atoms with Gasteiger partial charge in [-0.2, -0.15) is 10.1 Å². The third kappa shape index (κ3) is 1.73. The van der Waals surface area contributed by atoms with E-state index >= 15 is 0 Å². The van der Waals surface area contributed by atoms with Gasteiger partial charge in [0.15, 0.2) is 11.7 Å². The fraction of sp³-hybridized carbons (Fsp3) is 0.375. The van der Waals surface area contributed by atoms with E-state index in [1.54, 1.807) is 18.7 Å². The Morgan fingerprint density at radius 3 is 2.36 bits per heavy atom. The number of hydrogen-bond acceptors (Lipinski definition) is 2. The normalized spacial score (nSPS) is 9.93.